The van der Waals surface area contributed by atoms with Gasteiger partial charge in [0.25, 0.3) is 0 Å². The molecular weight excluding hydrogens is 322 g/mol. The number of thiophene rings is 1. The number of rotatable bonds is 4. The van der Waals surface area contributed by atoms with Crippen molar-refractivity contribution >= 4 is 17.4 Å². The molecule has 2 amide bonds. The van der Waals surface area contributed by atoms with Crippen LogP contribution in [0.15, 0.2) is 35.0 Å². The highest BCUT2D eigenvalue weighted by atomic mass is 32.1. The van der Waals surface area contributed by atoms with E-state index in [-0.39, 0.29) is 12.1 Å². The first-order chi connectivity index (χ1) is 11.1. The van der Waals surface area contributed by atoms with Crippen molar-refractivity contribution in [3.05, 3.63) is 57.8 Å². The van der Waals surface area contributed by atoms with Crippen molar-refractivity contribution in [3.8, 4) is 0 Å². The summed E-state index contributed by atoms with van der Waals surface area (Å²) >= 11 is 1.57. The molecule has 2 heterocycles. The van der Waals surface area contributed by atoms with E-state index in [2.05, 4.69) is 10.6 Å². The van der Waals surface area contributed by atoms with Gasteiger partial charge in [0.2, 0.25) is 0 Å². The van der Waals surface area contributed by atoms with Gasteiger partial charge in [-0.1, -0.05) is 6.07 Å². The van der Waals surface area contributed by atoms with Crippen LogP contribution in [-0.2, 0) is 11.3 Å². The number of amides is 2. The van der Waals surface area contributed by atoms with E-state index < -0.39 is 17.7 Å². The monoisotopic (exact) mass is 338 g/mol. The van der Waals surface area contributed by atoms with Crippen molar-refractivity contribution in [2.24, 2.45) is 0 Å². The van der Waals surface area contributed by atoms with Gasteiger partial charge in [0.15, 0.2) is 11.6 Å². The maximum atomic E-state index is 13.4. The Kier molecular flexibility index (Phi) is 4.88. The van der Waals surface area contributed by atoms with E-state index in [4.69, 9.17) is 4.74 Å². The maximum absolute atomic E-state index is 13.4. The number of benzene rings is 1. The predicted octanol–water partition coefficient (Wildman–Crippen LogP) is 3.36. The SMILES string of the molecule is O=C(NCc1ccsc1)NC1CCOC1c1ccc(F)c(F)c1. The highest BCUT2D eigenvalue weighted by molar-refractivity contribution is 7.07. The number of halogens is 2. The molecule has 2 atom stereocenters. The minimum absolute atomic E-state index is 0.276. The van der Waals surface area contributed by atoms with Crippen LogP contribution in [0.1, 0.15) is 23.7 Å². The molecule has 1 aromatic heterocycles. The first kappa shape index (κ1) is 15.9. The van der Waals surface area contributed by atoms with E-state index in [0.29, 0.717) is 25.1 Å². The third-order valence-electron chi connectivity index (χ3n) is 3.71. The van der Waals surface area contributed by atoms with Crippen molar-refractivity contribution in [3.63, 3.8) is 0 Å². The molecule has 1 aliphatic heterocycles. The Balaban J connectivity index is 1.60. The van der Waals surface area contributed by atoms with E-state index in [0.717, 1.165) is 17.7 Å². The number of urea groups is 1. The summed E-state index contributed by atoms with van der Waals surface area (Å²) in [6.45, 7) is 0.901. The minimum Gasteiger partial charge on any atom is -0.371 e. The predicted molar refractivity (Wildman–Crippen MR) is 83.1 cm³/mol. The van der Waals surface area contributed by atoms with Gasteiger partial charge in [0.05, 0.1) is 6.04 Å². The molecule has 1 fully saturated rings. The fraction of sp³-hybridized carbons (Fsp3) is 0.312. The van der Waals surface area contributed by atoms with Gasteiger partial charge in [0.1, 0.15) is 6.10 Å². The topological polar surface area (TPSA) is 50.4 Å². The van der Waals surface area contributed by atoms with Crippen molar-refractivity contribution in [1.82, 2.24) is 10.6 Å². The molecule has 1 aliphatic rings. The van der Waals surface area contributed by atoms with Crippen LogP contribution in [0.5, 0.6) is 0 Å². The number of carbonyl (C=O) groups is 1. The van der Waals surface area contributed by atoms with E-state index in [9.17, 15) is 13.6 Å². The van der Waals surface area contributed by atoms with Crippen LogP contribution in [0.4, 0.5) is 13.6 Å². The normalized spacial score (nSPS) is 20.4. The Morgan fingerprint density at radius 1 is 1.30 bits per heavy atom. The summed E-state index contributed by atoms with van der Waals surface area (Å²) in [5, 5.41) is 9.51. The number of ether oxygens (including phenoxy) is 1. The Morgan fingerprint density at radius 3 is 2.91 bits per heavy atom. The Hall–Kier alpha value is -1.99. The highest BCUT2D eigenvalue weighted by Crippen LogP contribution is 2.30. The van der Waals surface area contributed by atoms with E-state index in [1.807, 2.05) is 16.8 Å². The number of hydrogen-bond acceptors (Lipinski definition) is 3. The molecule has 0 bridgehead atoms. The smallest absolute Gasteiger partial charge is 0.315 e. The molecular formula is C16H16F2N2O2S. The molecule has 3 rings (SSSR count). The van der Waals surface area contributed by atoms with Gasteiger partial charge in [-0.15, -0.1) is 0 Å². The average molecular weight is 338 g/mol. The molecule has 0 saturated carbocycles. The van der Waals surface area contributed by atoms with Gasteiger partial charge in [-0.3, -0.25) is 0 Å². The summed E-state index contributed by atoms with van der Waals surface area (Å²) in [7, 11) is 0. The van der Waals surface area contributed by atoms with Gasteiger partial charge < -0.3 is 15.4 Å². The van der Waals surface area contributed by atoms with Crippen LogP contribution in [-0.4, -0.2) is 18.7 Å². The van der Waals surface area contributed by atoms with Gasteiger partial charge in [0, 0.05) is 13.2 Å². The summed E-state index contributed by atoms with van der Waals surface area (Å²) < 4.78 is 32.0. The van der Waals surface area contributed by atoms with E-state index in [1.54, 1.807) is 11.3 Å². The Morgan fingerprint density at radius 2 is 2.17 bits per heavy atom. The van der Waals surface area contributed by atoms with Gasteiger partial charge >= 0.3 is 6.03 Å². The second-order valence-electron chi connectivity index (χ2n) is 5.32. The maximum Gasteiger partial charge on any atom is 0.315 e. The van der Waals surface area contributed by atoms with Crippen molar-refractivity contribution in [2.75, 3.05) is 6.61 Å². The van der Waals surface area contributed by atoms with Crippen molar-refractivity contribution in [2.45, 2.75) is 25.1 Å². The van der Waals surface area contributed by atoms with Gasteiger partial charge in [-0.2, -0.15) is 11.3 Å². The molecule has 7 heteroatoms. The molecule has 2 aromatic rings. The molecule has 122 valence electrons. The summed E-state index contributed by atoms with van der Waals surface area (Å²) in [5.74, 6) is -1.82. The lowest BCUT2D eigenvalue weighted by atomic mass is 10.0. The van der Waals surface area contributed by atoms with E-state index in [1.165, 1.54) is 6.07 Å². The third kappa shape index (κ3) is 3.86. The Labute approximate surface area is 136 Å². The van der Waals surface area contributed by atoms with E-state index >= 15 is 0 Å². The van der Waals surface area contributed by atoms with Crippen molar-refractivity contribution in [1.29, 1.82) is 0 Å². The second kappa shape index (κ2) is 7.06. The lowest BCUT2D eigenvalue weighted by Gasteiger charge is -2.20. The second-order valence-corrected chi connectivity index (χ2v) is 6.10. The zero-order chi connectivity index (χ0) is 16.2. The standard InChI is InChI=1S/C16H16F2N2O2S/c17-12-2-1-11(7-13(12)18)15-14(3-5-22-15)20-16(21)19-8-10-4-6-23-9-10/h1-2,4,6-7,9,14-15H,3,5,8H2,(H2,19,20,21). The first-order valence-corrected chi connectivity index (χ1v) is 8.20. The number of carbonyl (C=O) groups excluding carboxylic acids is 1. The van der Waals surface area contributed by atoms with Crippen LogP contribution < -0.4 is 10.6 Å². The van der Waals surface area contributed by atoms with Gasteiger partial charge in [-0.05, 0) is 46.5 Å². The molecule has 0 spiro atoms. The first-order valence-electron chi connectivity index (χ1n) is 7.25. The zero-order valence-electron chi connectivity index (χ0n) is 12.2. The van der Waals surface area contributed by atoms with Gasteiger partial charge in [-0.25, -0.2) is 13.6 Å². The molecule has 0 radical (unpaired) electrons. The summed E-state index contributed by atoms with van der Waals surface area (Å²) in [5.41, 5.74) is 1.55. The summed E-state index contributed by atoms with van der Waals surface area (Å²) in [6, 6.07) is 5.02. The molecule has 0 aliphatic carbocycles. The lowest BCUT2D eigenvalue weighted by molar-refractivity contribution is 0.0995. The third-order valence-corrected chi connectivity index (χ3v) is 4.45. The molecule has 4 nitrogen and oxygen atoms in total. The molecule has 2 unspecified atom stereocenters. The fourth-order valence-electron chi connectivity index (χ4n) is 2.55. The molecule has 23 heavy (non-hydrogen) atoms. The summed E-state index contributed by atoms with van der Waals surface area (Å²) in [4.78, 5) is 12.0. The van der Waals surface area contributed by atoms with Crippen LogP contribution in [0.25, 0.3) is 0 Å². The zero-order valence-corrected chi connectivity index (χ0v) is 13.0. The summed E-state index contributed by atoms with van der Waals surface area (Å²) in [6.07, 6.45) is 0.146. The quantitative estimate of drug-likeness (QED) is 0.898. The van der Waals surface area contributed by atoms with Crippen LogP contribution in [0, 0.1) is 11.6 Å². The lowest BCUT2D eigenvalue weighted by Crippen LogP contribution is -2.43. The fourth-order valence-corrected chi connectivity index (χ4v) is 3.22. The van der Waals surface area contributed by atoms with Crippen LogP contribution in [0.2, 0.25) is 0 Å². The van der Waals surface area contributed by atoms with Crippen LogP contribution in [0.3, 0.4) is 0 Å². The van der Waals surface area contributed by atoms with Crippen molar-refractivity contribution < 1.29 is 18.3 Å². The molecule has 1 aromatic carbocycles. The van der Waals surface area contributed by atoms with Crippen LogP contribution >= 0.6 is 11.3 Å². The molecule has 2 N–H and O–H groups in total. The largest absolute Gasteiger partial charge is 0.371 e. The molecule has 1 saturated heterocycles. The number of hydrogen-bond donors (Lipinski definition) is 2. The minimum atomic E-state index is -0.918. The highest BCUT2D eigenvalue weighted by Gasteiger charge is 2.31. The number of nitrogens with one attached hydrogen (secondary N) is 2. The Bertz CT molecular complexity index is 679. The average Bonchev–Trinajstić information content (AvgIpc) is 3.19.